The number of piperazine rings is 1. The molecule has 1 aliphatic heterocycles. The van der Waals surface area contributed by atoms with Gasteiger partial charge in [0.25, 0.3) is 0 Å². The second kappa shape index (κ2) is 6.04. The summed E-state index contributed by atoms with van der Waals surface area (Å²) in [5.41, 5.74) is 1.78. The van der Waals surface area contributed by atoms with E-state index in [4.69, 9.17) is 4.74 Å². The second-order valence-electron chi connectivity index (χ2n) is 4.32. The summed E-state index contributed by atoms with van der Waals surface area (Å²) in [5, 5.41) is 3.33. The smallest absolute Gasteiger partial charge is 0.147 e. The number of halogens is 1. The van der Waals surface area contributed by atoms with E-state index in [-0.39, 0.29) is 12.4 Å². The molecule has 1 saturated heterocycles. The van der Waals surface area contributed by atoms with E-state index < -0.39 is 0 Å². The molecule has 0 aliphatic carbocycles. The van der Waals surface area contributed by atoms with Crippen LogP contribution in [-0.4, -0.2) is 43.3 Å². The highest BCUT2D eigenvalue weighted by Gasteiger charge is 2.12. The number of nitrogens with one attached hydrogen (secondary N) is 1. The highest BCUT2D eigenvalue weighted by atomic mass is 35.5. The van der Waals surface area contributed by atoms with Crippen LogP contribution in [0.4, 0.5) is 5.82 Å². The van der Waals surface area contributed by atoms with Crippen LogP contribution in [0.15, 0.2) is 24.4 Å². The molecule has 1 aliphatic rings. The number of hydrogen-bond donors (Lipinski definition) is 1. The molecule has 1 aromatic carbocycles. The number of nitrogens with zero attached hydrogens (tertiary/aromatic N) is 3. The molecule has 6 heteroatoms. The number of methoxy groups -OCH3 is 1. The zero-order chi connectivity index (χ0) is 12.4. The molecule has 0 bridgehead atoms. The lowest BCUT2D eigenvalue weighted by Gasteiger charge is -2.28. The summed E-state index contributed by atoms with van der Waals surface area (Å²) in [5.74, 6) is 1.76. The zero-order valence-corrected chi connectivity index (χ0v) is 11.6. The Morgan fingerprint density at radius 2 is 2.00 bits per heavy atom. The first-order valence-electron chi connectivity index (χ1n) is 6.13. The van der Waals surface area contributed by atoms with Gasteiger partial charge in [0.05, 0.1) is 24.3 Å². The van der Waals surface area contributed by atoms with Gasteiger partial charge in [-0.05, 0) is 12.1 Å². The molecule has 0 amide bonds. The van der Waals surface area contributed by atoms with Crippen LogP contribution in [0.25, 0.3) is 11.0 Å². The SMILES string of the molecule is COc1ccc2nc(N3CCNCC3)cnc2c1.Cl. The zero-order valence-electron chi connectivity index (χ0n) is 10.8. The first-order valence-corrected chi connectivity index (χ1v) is 6.13. The maximum Gasteiger partial charge on any atom is 0.147 e. The number of anilines is 1. The Hall–Kier alpha value is -1.59. The number of rotatable bonds is 2. The summed E-state index contributed by atoms with van der Waals surface area (Å²) in [6, 6.07) is 5.77. The standard InChI is InChI=1S/C13H16N4O.ClH/c1-18-10-2-3-11-12(8-10)15-9-13(16-11)17-6-4-14-5-7-17;/h2-3,8-9,14H,4-7H2,1H3;1H. The third-order valence-corrected chi connectivity index (χ3v) is 3.18. The molecule has 0 spiro atoms. The average molecular weight is 281 g/mol. The predicted octanol–water partition coefficient (Wildman–Crippen LogP) is 1.47. The van der Waals surface area contributed by atoms with Crippen molar-refractivity contribution >= 4 is 29.3 Å². The highest BCUT2D eigenvalue weighted by Crippen LogP contribution is 2.20. The third-order valence-electron chi connectivity index (χ3n) is 3.18. The van der Waals surface area contributed by atoms with E-state index in [0.29, 0.717) is 0 Å². The Morgan fingerprint density at radius 3 is 2.74 bits per heavy atom. The molecule has 102 valence electrons. The van der Waals surface area contributed by atoms with Gasteiger partial charge in [0.15, 0.2) is 0 Å². The third kappa shape index (κ3) is 2.88. The first-order chi connectivity index (χ1) is 8.86. The van der Waals surface area contributed by atoms with Gasteiger partial charge >= 0.3 is 0 Å². The summed E-state index contributed by atoms with van der Waals surface area (Å²) in [6.45, 7) is 3.97. The molecule has 5 nitrogen and oxygen atoms in total. The largest absolute Gasteiger partial charge is 0.497 e. The molecule has 0 atom stereocenters. The molecule has 0 unspecified atom stereocenters. The molecule has 2 aromatic rings. The van der Waals surface area contributed by atoms with Crippen LogP contribution in [0.1, 0.15) is 0 Å². The van der Waals surface area contributed by atoms with Gasteiger partial charge in [-0.15, -0.1) is 12.4 Å². The lowest BCUT2D eigenvalue weighted by Crippen LogP contribution is -2.43. The summed E-state index contributed by atoms with van der Waals surface area (Å²) < 4.78 is 5.18. The van der Waals surface area contributed by atoms with Crippen molar-refractivity contribution in [1.29, 1.82) is 0 Å². The fourth-order valence-corrected chi connectivity index (χ4v) is 2.15. The normalized spacial score (nSPS) is 15.1. The van der Waals surface area contributed by atoms with Crippen LogP contribution in [0.5, 0.6) is 5.75 Å². The van der Waals surface area contributed by atoms with Crippen molar-refractivity contribution in [3.8, 4) is 5.75 Å². The van der Waals surface area contributed by atoms with E-state index >= 15 is 0 Å². The van der Waals surface area contributed by atoms with E-state index in [2.05, 4.69) is 20.2 Å². The lowest BCUT2D eigenvalue weighted by molar-refractivity contribution is 0.415. The summed E-state index contributed by atoms with van der Waals surface area (Å²) in [7, 11) is 1.66. The van der Waals surface area contributed by atoms with E-state index in [9.17, 15) is 0 Å². The van der Waals surface area contributed by atoms with Crippen LogP contribution >= 0.6 is 12.4 Å². The summed E-state index contributed by atoms with van der Waals surface area (Å²) in [4.78, 5) is 11.4. The fraction of sp³-hybridized carbons (Fsp3) is 0.385. The molecular weight excluding hydrogens is 264 g/mol. The Bertz CT molecular complexity index is 557. The lowest BCUT2D eigenvalue weighted by atomic mass is 10.3. The molecule has 1 fully saturated rings. The van der Waals surface area contributed by atoms with Crippen molar-refractivity contribution in [3.63, 3.8) is 0 Å². The van der Waals surface area contributed by atoms with Crippen molar-refractivity contribution in [2.45, 2.75) is 0 Å². The molecule has 0 radical (unpaired) electrons. The number of hydrogen-bond acceptors (Lipinski definition) is 5. The number of fused-ring (bicyclic) bond motifs is 1. The van der Waals surface area contributed by atoms with Gasteiger partial charge in [-0.3, -0.25) is 4.98 Å². The maximum absolute atomic E-state index is 5.18. The Balaban J connectivity index is 0.00000133. The Kier molecular flexibility index (Phi) is 4.39. The molecule has 19 heavy (non-hydrogen) atoms. The van der Waals surface area contributed by atoms with Crippen molar-refractivity contribution < 1.29 is 4.74 Å². The minimum Gasteiger partial charge on any atom is -0.497 e. The Morgan fingerprint density at radius 1 is 1.21 bits per heavy atom. The number of ether oxygens (including phenoxy) is 1. The number of aromatic nitrogens is 2. The van der Waals surface area contributed by atoms with Crippen molar-refractivity contribution in [3.05, 3.63) is 24.4 Å². The monoisotopic (exact) mass is 280 g/mol. The van der Waals surface area contributed by atoms with Gasteiger partial charge in [0.1, 0.15) is 11.6 Å². The molecule has 2 heterocycles. The van der Waals surface area contributed by atoms with Gasteiger partial charge < -0.3 is 15.0 Å². The quantitative estimate of drug-likeness (QED) is 0.903. The topological polar surface area (TPSA) is 50.3 Å². The van der Waals surface area contributed by atoms with E-state index in [1.54, 1.807) is 7.11 Å². The van der Waals surface area contributed by atoms with Crippen LogP contribution < -0.4 is 15.0 Å². The fourth-order valence-electron chi connectivity index (χ4n) is 2.15. The van der Waals surface area contributed by atoms with E-state index in [0.717, 1.165) is 48.8 Å². The maximum atomic E-state index is 5.18. The van der Waals surface area contributed by atoms with Crippen molar-refractivity contribution in [2.75, 3.05) is 38.2 Å². The molecule has 1 N–H and O–H groups in total. The first kappa shape index (κ1) is 13.8. The van der Waals surface area contributed by atoms with E-state index in [1.165, 1.54) is 0 Å². The molecular formula is C13H17ClN4O. The van der Waals surface area contributed by atoms with Gasteiger partial charge in [0.2, 0.25) is 0 Å². The average Bonchev–Trinajstić information content (AvgIpc) is 2.47. The van der Waals surface area contributed by atoms with Crippen molar-refractivity contribution in [1.82, 2.24) is 15.3 Å². The minimum absolute atomic E-state index is 0. The van der Waals surface area contributed by atoms with Gasteiger partial charge in [0, 0.05) is 32.2 Å². The second-order valence-corrected chi connectivity index (χ2v) is 4.32. The summed E-state index contributed by atoms with van der Waals surface area (Å²) in [6.07, 6.45) is 1.84. The van der Waals surface area contributed by atoms with Gasteiger partial charge in [-0.2, -0.15) is 0 Å². The van der Waals surface area contributed by atoms with Crippen molar-refractivity contribution in [2.24, 2.45) is 0 Å². The van der Waals surface area contributed by atoms with Gasteiger partial charge in [-0.25, -0.2) is 4.98 Å². The van der Waals surface area contributed by atoms with Crippen LogP contribution in [0.3, 0.4) is 0 Å². The van der Waals surface area contributed by atoms with Crippen LogP contribution in [-0.2, 0) is 0 Å². The highest BCUT2D eigenvalue weighted by molar-refractivity contribution is 5.85. The van der Waals surface area contributed by atoms with Crippen LogP contribution in [0.2, 0.25) is 0 Å². The van der Waals surface area contributed by atoms with Crippen LogP contribution in [0, 0.1) is 0 Å². The predicted molar refractivity (Wildman–Crippen MR) is 78.4 cm³/mol. The molecule has 3 rings (SSSR count). The molecule has 0 saturated carbocycles. The van der Waals surface area contributed by atoms with Gasteiger partial charge in [-0.1, -0.05) is 0 Å². The molecule has 1 aromatic heterocycles. The van der Waals surface area contributed by atoms with E-state index in [1.807, 2.05) is 24.4 Å². The minimum atomic E-state index is 0. The Labute approximate surface area is 118 Å². The summed E-state index contributed by atoms with van der Waals surface area (Å²) >= 11 is 0. The number of benzene rings is 1.